The van der Waals surface area contributed by atoms with Gasteiger partial charge in [-0.2, -0.15) is 0 Å². The SMILES string of the molecule is CCn1c(CCCC(=O)N2CC[C@H](O)[C@@H](n3ccnc3)CC2)nc2ccccc21. The smallest absolute Gasteiger partial charge is 0.222 e. The van der Waals surface area contributed by atoms with Gasteiger partial charge >= 0.3 is 0 Å². The standard InChI is InChI=1S/C22H29N5O2/c1-2-27-18-7-4-3-6-17(18)24-21(27)8-5-9-22(29)25-13-10-19(20(28)11-14-25)26-15-12-23-16-26/h3-4,6-7,12,15-16,19-20,28H,2,5,8-11,13-14H2,1H3/t19-,20-/m0/s1. The summed E-state index contributed by atoms with van der Waals surface area (Å²) >= 11 is 0. The molecule has 29 heavy (non-hydrogen) atoms. The Morgan fingerprint density at radius 2 is 2.07 bits per heavy atom. The molecule has 2 atom stereocenters. The summed E-state index contributed by atoms with van der Waals surface area (Å²) in [6.45, 7) is 4.29. The fourth-order valence-corrected chi connectivity index (χ4v) is 4.36. The van der Waals surface area contributed by atoms with Gasteiger partial charge in [-0.1, -0.05) is 12.1 Å². The maximum Gasteiger partial charge on any atom is 0.222 e. The number of fused-ring (bicyclic) bond motifs is 1. The summed E-state index contributed by atoms with van der Waals surface area (Å²) in [6, 6.07) is 8.16. The van der Waals surface area contributed by atoms with Crippen LogP contribution in [0.5, 0.6) is 0 Å². The summed E-state index contributed by atoms with van der Waals surface area (Å²) in [6.07, 6.45) is 8.33. The quantitative estimate of drug-likeness (QED) is 0.696. The molecule has 7 heteroatoms. The van der Waals surface area contributed by atoms with Gasteiger partial charge in [0.1, 0.15) is 5.82 Å². The highest BCUT2D eigenvalue weighted by Gasteiger charge is 2.27. The van der Waals surface area contributed by atoms with Crippen LogP contribution in [0.4, 0.5) is 0 Å². The third-order valence-electron chi connectivity index (χ3n) is 5.94. The number of carbonyl (C=O) groups excluding carboxylic acids is 1. The molecule has 4 rings (SSSR count). The monoisotopic (exact) mass is 395 g/mol. The number of aliphatic hydroxyl groups is 1. The van der Waals surface area contributed by atoms with Crippen LogP contribution in [0.15, 0.2) is 43.0 Å². The summed E-state index contributed by atoms with van der Waals surface area (Å²) < 4.78 is 4.19. The Kier molecular flexibility index (Phi) is 5.94. The second kappa shape index (κ2) is 8.78. The van der Waals surface area contributed by atoms with Crippen molar-refractivity contribution in [3.05, 3.63) is 48.8 Å². The van der Waals surface area contributed by atoms with E-state index in [1.807, 2.05) is 33.9 Å². The molecule has 1 amide bonds. The van der Waals surface area contributed by atoms with Crippen molar-refractivity contribution >= 4 is 16.9 Å². The third-order valence-corrected chi connectivity index (χ3v) is 5.94. The van der Waals surface area contributed by atoms with Gasteiger partial charge in [-0.15, -0.1) is 0 Å². The van der Waals surface area contributed by atoms with Crippen LogP contribution in [0.1, 0.15) is 44.5 Å². The number of imidazole rings is 2. The molecular weight excluding hydrogens is 366 g/mol. The Hall–Kier alpha value is -2.67. The van der Waals surface area contributed by atoms with Gasteiger partial charge in [-0.3, -0.25) is 4.79 Å². The largest absolute Gasteiger partial charge is 0.391 e. The number of para-hydroxylation sites is 2. The minimum atomic E-state index is -0.452. The van der Waals surface area contributed by atoms with E-state index >= 15 is 0 Å². The number of aliphatic hydroxyl groups excluding tert-OH is 1. The number of hydrogen-bond donors (Lipinski definition) is 1. The predicted octanol–water partition coefficient (Wildman–Crippen LogP) is 2.80. The fraction of sp³-hybridized carbons (Fsp3) is 0.500. The number of nitrogens with zero attached hydrogens (tertiary/aromatic N) is 5. The Bertz CT molecular complexity index is 949. The highest BCUT2D eigenvalue weighted by Crippen LogP contribution is 2.24. The highest BCUT2D eigenvalue weighted by atomic mass is 16.3. The topological polar surface area (TPSA) is 76.2 Å². The molecule has 3 heterocycles. The van der Waals surface area contributed by atoms with E-state index < -0.39 is 6.10 Å². The molecule has 1 saturated heterocycles. The molecule has 0 radical (unpaired) electrons. The number of aryl methyl sites for hydroxylation is 2. The van der Waals surface area contributed by atoms with E-state index in [-0.39, 0.29) is 11.9 Å². The zero-order valence-corrected chi connectivity index (χ0v) is 16.9. The van der Waals surface area contributed by atoms with E-state index in [2.05, 4.69) is 22.5 Å². The number of benzene rings is 1. The van der Waals surface area contributed by atoms with Crippen molar-refractivity contribution in [2.45, 2.75) is 57.7 Å². The Balaban J connectivity index is 1.33. The Labute approximate surface area is 171 Å². The van der Waals surface area contributed by atoms with E-state index in [1.54, 1.807) is 12.5 Å². The molecule has 154 valence electrons. The van der Waals surface area contributed by atoms with Crippen LogP contribution in [-0.2, 0) is 17.8 Å². The average Bonchev–Trinajstić information content (AvgIpc) is 3.33. The van der Waals surface area contributed by atoms with E-state index in [4.69, 9.17) is 4.98 Å². The maximum atomic E-state index is 12.8. The Morgan fingerprint density at radius 3 is 2.86 bits per heavy atom. The van der Waals surface area contributed by atoms with Gasteiger partial charge in [0.15, 0.2) is 0 Å². The van der Waals surface area contributed by atoms with E-state index in [9.17, 15) is 9.90 Å². The van der Waals surface area contributed by atoms with Gasteiger partial charge in [0, 0.05) is 44.9 Å². The summed E-state index contributed by atoms with van der Waals surface area (Å²) in [7, 11) is 0. The van der Waals surface area contributed by atoms with Crippen molar-refractivity contribution in [1.82, 2.24) is 24.0 Å². The lowest BCUT2D eigenvalue weighted by Gasteiger charge is -2.21. The summed E-state index contributed by atoms with van der Waals surface area (Å²) in [5, 5.41) is 10.5. The molecule has 2 aromatic heterocycles. The van der Waals surface area contributed by atoms with E-state index in [0.717, 1.165) is 42.7 Å². The van der Waals surface area contributed by atoms with Gasteiger partial charge in [-0.05, 0) is 38.3 Å². The zero-order chi connectivity index (χ0) is 20.2. The molecule has 0 saturated carbocycles. The highest BCUT2D eigenvalue weighted by molar-refractivity contribution is 5.77. The van der Waals surface area contributed by atoms with E-state index in [0.29, 0.717) is 25.9 Å². The van der Waals surface area contributed by atoms with Gasteiger partial charge in [0.05, 0.1) is 29.5 Å². The molecule has 1 aliphatic rings. The molecule has 1 N–H and O–H groups in total. The molecule has 0 unspecified atom stereocenters. The molecule has 1 aliphatic heterocycles. The molecule has 0 bridgehead atoms. The number of carbonyl (C=O) groups is 1. The van der Waals surface area contributed by atoms with Gasteiger partial charge in [-0.25, -0.2) is 9.97 Å². The first-order valence-electron chi connectivity index (χ1n) is 10.5. The van der Waals surface area contributed by atoms with Crippen molar-refractivity contribution in [1.29, 1.82) is 0 Å². The van der Waals surface area contributed by atoms with Gasteiger partial charge in [0.2, 0.25) is 5.91 Å². The second-order valence-electron chi connectivity index (χ2n) is 7.72. The van der Waals surface area contributed by atoms with E-state index in [1.165, 1.54) is 0 Å². The first kappa shape index (κ1) is 19.6. The second-order valence-corrected chi connectivity index (χ2v) is 7.72. The third kappa shape index (κ3) is 4.19. The lowest BCUT2D eigenvalue weighted by Crippen LogP contribution is -2.32. The minimum Gasteiger partial charge on any atom is -0.391 e. The fourth-order valence-electron chi connectivity index (χ4n) is 4.36. The van der Waals surface area contributed by atoms with Crippen LogP contribution >= 0.6 is 0 Å². The first-order valence-corrected chi connectivity index (χ1v) is 10.5. The summed E-state index contributed by atoms with van der Waals surface area (Å²) in [5.74, 6) is 1.22. The summed E-state index contributed by atoms with van der Waals surface area (Å²) in [4.78, 5) is 23.5. The van der Waals surface area contributed by atoms with Crippen molar-refractivity contribution in [2.24, 2.45) is 0 Å². The van der Waals surface area contributed by atoms with Crippen LogP contribution in [0.2, 0.25) is 0 Å². The van der Waals surface area contributed by atoms with Crippen molar-refractivity contribution in [3.8, 4) is 0 Å². The Morgan fingerprint density at radius 1 is 1.24 bits per heavy atom. The van der Waals surface area contributed by atoms with Crippen LogP contribution in [0.3, 0.4) is 0 Å². The van der Waals surface area contributed by atoms with Crippen LogP contribution in [-0.4, -0.2) is 54.2 Å². The minimum absolute atomic E-state index is 0.0141. The van der Waals surface area contributed by atoms with Crippen LogP contribution < -0.4 is 0 Å². The van der Waals surface area contributed by atoms with Crippen molar-refractivity contribution < 1.29 is 9.90 Å². The number of amides is 1. The number of likely N-dealkylation sites (tertiary alicyclic amines) is 1. The summed E-state index contributed by atoms with van der Waals surface area (Å²) in [5.41, 5.74) is 2.17. The van der Waals surface area contributed by atoms with Crippen molar-refractivity contribution in [3.63, 3.8) is 0 Å². The molecule has 0 aliphatic carbocycles. The van der Waals surface area contributed by atoms with Crippen molar-refractivity contribution in [2.75, 3.05) is 13.1 Å². The van der Waals surface area contributed by atoms with Crippen LogP contribution in [0, 0.1) is 0 Å². The first-order chi connectivity index (χ1) is 14.2. The maximum absolute atomic E-state index is 12.8. The normalized spacial score (nSPS) is 20.1. The van der Waals surface area contributed by atoms with Gasteiger partial charge < -0.3 is 19.1 Å². The molecule has 1 fully saturated rings. The lowest BCUT2D eigenvalue weighted by atomic mass is 10.1. The average molecular weight is 396 g/mol. The number of rotatable bonds is 6. The molecule has 0 spiro atoms. The number of aromatic nitrogens is 4. The number of hydrogen-bond acceptors (Lipinski definition) is 4. The lowest BCUT2D eigenvalue weighted by molar-refractivity contribution is -0.131. The zero-order valence-electron chi connectivity index (χ0n) is 16.9. The molecule has 1 aromatic carbocycles. The molecular formula is C22H29N5O2. The molecule has 3 aromatic rings. The predicted molar refractivity (Wildman–Crippen MR) is 111 cm³/mol. The van der Waals surface area contributed by atoms with Crippen LogP contribution in [0.25, 0.3) is 11.0 Å². The molecule has 7 nitrogen and oxygen atoms in total. The van der Waals surface area contributed by atoms with Gasteiger partial charge in [0.25, 0.3) is 0 Å².